The summed E-state index contributed by atoms with van der Waals surface area (Å²) in [6.07, 6.45) is 6.07. The summed E-state index contributed by atoms with van der Waals surface area (Å²) in [5.41, 5.74) is 6.87. The molecule has 156 valence electrons. The number of rotatable bonds is 7. The summed E-state index contributed by atoms with van der Waals surface area (Å²) in [6, 6.07) is 8.63. The Bertz CT molecular complexity index is 773. The minimum atomic E-state index is -0.208. The second-order valence-electron chi connectivity index (χ2n) is 8.02. The lowest BCUT2D eigenvalue weighted by Crippen LogP contribution is -2.37. The molecule has 1 aromatic carbocycles. The van der Waals surface area contributed by atoms with Gasteiger partial charge in [0, 0.05) is 25.7 Å². The molecule has 0 bridgehead atoms. The van der Waals surface area contributed by atoms with Crippen molar-refractivity contribution in [3.05, 3.63) is 48.0 Å². The Labute approximate surface area is 171 Å². The molecule has 1 unspecified atom stereocenters. The van der Waals surface area contributed by atoms with Crippen molar-refractivity contribution in [1.29, 1.82) is 0 Å². The number of benzene rings is 1. The van der Waals surface area contributed by atoms with Crippen molar-refractivity contribution in [1.82, 2.24) is 14.9 Å². The Morgan fingerprint density at radius 1 is 1.07 bits per heavy atom. The van der Waals surface area contributed by atoms with E-state index in [4.69, 9.17) is 10.5 Å². The lowest BCUT2D eigenvalue weighted by molar-refractivity contribution is -0.00519. The molecule has 1 atom stereocenters. The van der Waals surface area contributed by atoms with Crippen molar-refractivity contribution < 1.29 is 9.13 Å². The first-order chi connectivity index (χ1) is 14.2. The number of hydrogen-bond donors (Lipinski definition) is 1. The van der Waals surface area contributed by atoms with Crippen LogP contribution in [0.1, 0.15) is 37.4 Å². The predicted molar refractivity (Wildman–Crippen MR) is 112 cm³/mol. The normalized spacial score (nSPS) is 19.6. The molecule has 2 aliphatic rings. The van der Waals surface area contributed by atoms with Crippen LogP contribution < -0.4 is 10.6 Å². The zero-order valence-electron chi connectivity index (χ0n) is 16.8. The summed E-state index contributed by atoms with van der Waals surface area (Å²) in [7, 11) is 0. The van der Waals surface area contributed by atoms with Crippen LogP contribution in [0.5, 0.6) is 0 Å². The number of nitrogen functional groups attached to an aromatic ring is 1. The summed E-state index contributed by atoms with van der Waals surface area (Å²) < 4.78 is 19.8. The van der Waals surface area contributed by atoms with Gasteiger partial charge in [0.2, 0.25) is 0 Å². The SMILES string of the molecule is Nc1cc(N2CCC(C(OCCN3CCCC3)c3ccc(F)cc3)CC2)ncn1. The second kappa shape index (κ2) is 9.50. The number of anilines is 2. The molecule has 29 heavy (non-hydrogen) atoms. The monoisotopic (exact) mass is 399 g/mol. The van der Waals surface area contributed by atoms with Gasteiger partial charge in [-0.3, -0.25) is 0 Å². The van der Waals surface area contributed by atoms with Gasteiger partial charge in [0.1, 0.15) is 23.8 Å². The fraction of sp³-hybridized carbons (Fsp3) is 0.545. The van der Waals surface area contributed by atoms with E-state index in [0.29, 0.717) is 18.3 Å². The third-order valence-corrected chi connectivity index (χ3v) is 6.07. The lowest BCUT2D eigenvalue weighted by Gasteiger charge is -2.37. The highest BCUT2D eigenvalue weighted by Crippen LogP contribution is 2.35. The Kier molecular flexibility index (Phi) is 6.56. The largest absolute Gasteiger partial charge is 0.384 e. The van der Waals surface area contributed by atoms with E-state index in [1.165, 1.54) is 44.4 Å². The highest BCUT2D eigenvalue weighted by atomic mass is 19.1. The average Bonchev–Trinajstić information content (AvgIpc) is 3.26. The fourth-order valence-corrected chi connectivity index (χ4v) is 4.44. The van der Waals surface area contributed by atoms with Crippen molar-refractivity contribution in [2.24, 2.45) is 5.92 Å². The predicted octanol–water partition coefficient (Wildman–Crippen LogP) is 3.27. The van der Waals surface area contributed by atoms with Crippen molar-refractivity contribution in [2.45, 2.75) is 31.8 Å². The molecule has 0 amide bonds. The summed E-state index contributed by atoms with van der Waals surface area (Å²) in [6.45, 7) is 5.82. The molecule has 0 saturated carbocycles. The molecule has 2 N–H and O–H groups in total. The van der Waals surface area contributed by atoms with E-state index in [9.17, 15) is 4.39 Å². The summed E-state index contributed by atoms with van der Waals surface area (Å²) in [5.74, 6) is 1.56. The molecule has 2 saturated heterocycles. The van der Waals surface area contributed by atoms with E-state index in [1.807, 2.05) is 18.2 Å². The van der Waals surface area contributed by atoms with Crippen LogP contribution in [0.2, 0.25) is 0 Å². The molecule has 0 radical (unpaired) electrons. The van der Waals surface area contributed by atoms with Crippen LogP contribution in [0.3, 0.4) is 0 Å². The van der Waals surface area contributed by atoms with Crippen LogP contribution in [0.15, 0.2) is 36.7 Å². The number of likely N-dealkylation sites (tertiary alicyclic amines) is 1. The Balaban J connectivity index is 1.39. The first-order valence-electron chi connectivity index (χ1n) is 10.6. The molecule has 2 aliphatic heterocycles. The molecule has 0 aliphatic carbocycles. The van der Waals surface area contributed by atoms with E-state index in [2.05, 4.69) is 19.8 Å². The zero-order chi connectivity index (χ0) is 20.1. The maximum absolute atomic E-state index is 13.4. The van der Waals surface area contributed by atoms with Gasteiger partial charge in [-0.25, -0.2) is 14.4 Å². The fourth-order valence-electron chi connectivity index (χ4n) is 4.44. The molecule has 2 fully saturated rings. The van der Waals surface area contributed by atoms with Crippen LogP contribution in [0, 0.1) is 11.7 Å². The zero-order valence-corrected chi connectivity index (χ0v) is 16.8. The number of nitrogens with zero attached hydrogens (tertiary/aromatic N) is 4. The third-order valence-electron chi connectivity index (χ3n) is 6.07. The lowest BCUT2D eigenvalue weighted by atomic mass is 9.87. The minimum Gasteiger partial charge on any atom is -0.384 e. The van der Waals surface area contributed by atoms with Gasteiger partial charge < -0.3 is 20.3 Å². The van der Waals surface area contributed by atoms with Gasteiger partial charge >= 0.3 is 0 Å². The Morgan fingerprint density at radius 3 is 2.48 bits per heavy atom. The molecule has 7 heteroatoms. The maximum atomic E-state index is 13.4. The highest BCUT2D eigenvalue weighted by Gasteiger charge is 2.29. The van der Waals surface area contributed by atoms with Gasteiger partial charge in [-0.05, 0) is 62.4 Å². The van der Waals surface area contributed by atoms with E-state index < -0.39 is 0 Å². The molecule has 1 aromatic heterocycles. The quantitative estimate of drug-likeness (QED) is 0.771. The standard InChI is InChI=1S/C22H30FN5O/c23-19-5-3-17(4-6-19)22(29-14-13-27-9-1-2-10-27)18-7-11-28(12-8-18)21-15-20(24)25-16-26-21/h3-6,15-16,18,22H,1-2,7-14H2,(H2,24,25,26). The van der Waals surface area contributed by atoms with Crippen LogP contribution in [-0.2, 0) is 4.74 Å². The van der Waals surface area contributed by atoms with Gasteiger partial charge in [-0.15, -0.1) is 0 Å². The first-order valence-corrected chi connectivity index (χ1v) is 10.6. The number of hydrogen-bond acceptors (Lipinski definition) is 6. The maximum Gasteiger partial charge on any atom is 0.134 e. The van der Waals surface area contributed by atoms with Crippen LogP contribution >= 0.6 is 0 Å². The van der Waals surface area contributed by atoms with Gasteiger partial charge in [-0.2, -0.15) is 0 Å². The van der Waals surface area contributed by atoms with Gasteiger partial charge in [-0.1, -0.05) is 12.1 Å². The molecule has 3 heterocycles. The summed E-state index contributed by atoms with van der Waals surface area (Å²) in [5, 5.41) is 0. The average molecular weight is 400 g/mol. The van der Waals surface area contributed by atoms with Crippen molar-refractivity contribution >= 4 is 11.6 Å². The van der Waals surface area contributed by atoms with Crippen molar-refractivity contribution in [2.75, 3.05) is 50.0 Å². The number of halogens is 1. The molecular formula is C22H30FN5O. The summed E-state index contributed by atoms with van der Waals surface area (Å²) in [4.78, 5) is 13.0. The van der Waals surface area contributed by atoms with Crippen LogP contribution in [0.25, 0.3) is 0 Å². The second-order valence-corrected chi connectivity index (χ2v) is 8.02. The van der Waals surface area contributed by atoms with Crippen LogP contribution in [-0.4, -0.2) is 54.2 Å². The number of piperidine rings is 1. The molecule has 6 nitrogen and oxygen atoms in total. The Morgan fingerprint density at radius 2 is 1.79 bits per heavy atom. The van der Waals surface area contributed by atoms with Gasteiger partial charge in [0.25, 0.3) is 0 Å². The topological polar surface area (TPSA) is 67.5 Å². The molecule has 4 rings (SSSR count). The van der Waals surface area contributed by atoms with E-state index in [0.717, 1.165) is 43.9 Å². The van der Waals surface area contributed by atoms with Gasteiger partial charge in [0.15, 0.2) is 0 Å². The first kappa shape index (κ1) is 20.0. The van der Waals surface area contributed by atoms with E-state index >= 15 is 0 Å². The smallest absolute Gasteiger partial charge is 0.134 e. The summed E-state index contributed by atoms with van der Waals surface area (Å²) >= 11 is 0. The molecular weight excluding hydrogens is 369 g/mol. The minimum absolute atomic E-state index is 0.00387. The molecule has 2 aromatic rings. The van der Waals surface area contributed by atoms with Crippen molar-refractivity contribution in [3.8, 4) is 0 Å². The van der Waals surface area contributed by atoms with E-state index in [1.54, 1.807) is 0 Å². The van der Waals surface area contributed by atoms with Crippen LogP contribution in [0.4, 0.5) is 16.0 Å². The number of ether oxygens (including phenoxy) is 1. The third kappa shape index (κ3) is 5.22. The molecule has 0 spiro atoms. The number of nitrogens with two attached hydrogens (primary N) is 1. The van der Waals surface area contributed by atoms with Crippen molar-refractivity contribution in [3.63, 3.8) is 0 Å². The number of aromatic nitrogens is 2. The van der Waals surface area contributed by atoms with Gasteiger partial charge in [0.05, 0.1) is 12.7 Å². The Hall–Kier alpha value is -2.25. The highest BCUT2D eigenvalue weighted by molar-refractivity contribution is 5.46. The van der Waals surface area contributed by atoms with E-state index in [-0.39, 0.29) is 11.9 Å².